The molecule has 1 heterocycles. The number of benzene rings is 1. The lowest BCUT2D eigenvalue weighted by Gasteiger charge is -2.23. The molecule has 1 aliphatic heterocycles. The number of hydrazine groups is 1. The molecule has 1 saturated heterocycles. The molecule has 1 aromatic rings. The van der Waals surface area contributed by atoms with E-state index in [2.05, 4.69) is 31.3 Å². The van der Waals surface area contributed by atoms with Gasteiger partial charge >= 0.3 is 5.97 Å². The molecule has 0 spiro atoms. The minimum Gasteiger partial charge on any atom is -0.481 e. The van der Waals surface area contributed by atoms with Crippen LogP contribution in [-0.4, -0.2) is 32.7 Å². The minimum absolute atomic E-state index is 0.191. The number of thioether (sulfide) groups is 1. The van der Waals surface area contributed by atoms with Gasteiger partial charge in [-0.3, -0.25) is 15.4 Å². The molecule has 120 valence electrons. The summed E-state index contributed by atoms with van der Waals surface area (Å²) in [7, 11) is 0. The fraction of sp³-hybridized carbons (Fsp3) is 0.467. The van der Waals surface area contributed by atoms with Gasteiger partial charge in [0.1, 0.15) is 5.50 Å². The van der Waals surface area contributed by atoms with Crippen LogP contribution in [-0.2, 0) is 16.1 Å². The summed E-state index contributed by atoms with van der Waals surface area (Å²) in [6, 6.07) is 8.18. The molecular formula is C15H21N3O3S. The topological polar surface area (TPSA) is 95.7 Å². The summed E-state index contributed by atoms with van der Waals surface area (Å²) >= 11 is 1.24. The van der Waals surface area contributed by atoms with Crippen molar-refractivity contribution in [3.63, 3.8) is 0 Å². The largest absolute Gasteiger partial charge is 0.481 e. The first kappa shape index (κ1) is 16.8. The number of rotatable bonds is 6. The molecule has 0 aromatic heterocycles. The first-order valence-corrected chi connectivity index (χ1v) is 8.09. The van der Waals surface area contributed by atoms with Gasteiger partial charge in [-0.15, -0.1) is 11.8 Å². The third-order valence-electron chi connectivity index (χ3n) is 3.52. The van der Waals surface area contributed by atoms with Gasteiger partial charge in [-0.05, 0) is 17.0 Å². The summed E-state index contributed by atoms with van der Waals surface area (Å²) in [6.07, 6.45) is -0.191. The van der Waals surface area contributed by atoms with E-state index in [0.717, 1.165) is 5.56 Å². The van der Waals surface area contributed by atoms with E-state index in [1.54, 1.807) is 0 Å². The van der Waals surface area contributed by atoms with E-state index in [9.17, 15) is 9.59 Å². The highest BCUT2D eigenvalue weighted by atomic mass is 32.2. The van der Waals surface area contributed by atoms with Crippen molar-refractivity contribution in [1.82, 2.24) is 10.3 Å². The molecule has 1 amide bonds. The highest BCUT2D eigenvalue weighted by Gasteiger charge is 2.36. The Bertz CT molecular complexity index is 547. The van der Waals surface area contributed by atoms with E-state index in [1.807, 2.05) is 12.1 Å². The monoisotopic (exact) mass is 323 g/mol. The van der Waals surface area contributed by atoms with Gasteiger partial charge in [0.15, 0.2) is 0 Å². The van der Waals surface area contributed by atoms with Crippen molar-refractivity contribution in [3.05, 3.63) is 35.4 Å². The Hall–Kier alpha value is -1.57. The van der Waals surface area contributed by atoms with E-state index < -0.39 is 16.7 Å². The van der Waals surface area contributed by atoms with Crippen molar-refractivity contribution in [2.45, 2.75) is 43.5 Å². The number of nitrogens with two attached hydrogens (primary N) is 1. The van der Waals surface area contributed by atoms with E-state index in [0.29, 0.717) is 12.5 Å². The number of aliphatic carboxylic acids is 1. The molecule has 4 N–H and O–H groups in total. The Morgan fingerprint density at radius 1 is 1.41 bits per heavy atom. The van der Waals surface area contributed by atoms with E-state index in [-0.39, 0.29) is 12.3 Å². The second-order valence-electron chi connectivity index (χ2n) is 5.65. The zero-order chi connectivity index (χ0) is 16.3. The fourth-order valence-electron chi connectivity index (χ4n) is 2.23. The van der Waals surface area contributed by atoms with Crippen LogP contribution in [0.1, 0.15) is 37.3 Å². The Balaban J connectivity index is 1.93. The minimum atomic E-state index is -0.985. The van der Waals surface area contributed by atoms with Gasteiger partial charge in [-0.2, -0.15) is 0 Å². The van der Waals surface area contributed by atoms with Crippen LogP contribution >= 0.6 is 11.8 Å². The van der Waals surface area contributed by atoms with Crippen LogP contribution in [0.3, 0.4) is 0 Å². The average molecular weight is 323 g/mol. The van der Waals surface area contributed by atoms with Crippen molar-refractivity contribution >= 4 is 23.6 Å². The number of hydrogen-bond acceptors (Lipinski definition) is 5. The van der Waals surface area contributed by atoms with Crippen LogP contribution in [0.4, 0.5) is 0 Å². The van der Waals surface area contributed by atoms with Crippen LogP contribution in [0.15, 0.2) is 24.3 Å². The highest BCUT2D eigenvalue weighted by Crippen LogP contribution is 2.28. The summed E-state index contributed by atoms with van der Waals surface area (Å²) in [5, 5.41) is 12.4. The SMILES string of the molecule is CC(C)c1ccc(CN(N)C2NC(=O)C(CC(=O)O)S2)cc1. The molecule has 0 saturated carbocycles. The normalized spacial score (nSPS) is 21.4. The van der Waals surface area contributed by atoms with Crippen LogP contribution in [0, 0.1) is 0 Å². The van der Waals surface area contributed by atoms with Crippen molar-refractivity contribution in [3.8, 4) is 0 Å². The maximum absolute atomic E-state index is 11.7. The number of amides is 1. The maximum atomic E-state index is 11.7. The smallest absolute Gasteiger partial charge is 0.305 e. The molecule has 7 heteroatoms. The van der Waals surface area contributed by atoms with Gasteiger partial charge < -0.3 is 10.4 Å². The van der Waals surface area contributed by atoms with E-state index >= 15 is 0 Å². The van der Waals surface area contributed by atoms with Crippen molar-refractivity contribution in [2.24, 2.45) is 5.84 Å². The third kappa shape index (κ3) is 4.22. The molecule has 6 nitrogen and oxygen atoms in total. The number of nitrogens with one attached hydrogen (secondary N) is 1. The summed E-state index contributed by atoms with van der Waals surface area (Å²) in [5.74, 6) is 5.23. The standard InChI is InChI=1S/C15H21N3O3S/c1-9(2)11-5-3-10(4-6-11)8-18(16)15-17-14(21)12(22-15)7-13(19)20/h3-6,9,12,15H,7-8,16H2,1-2H3,(H,17,21)(H,19,20). The quantitative estimate of drug-likeness (QED) is 0.542. The second kappa shape index (κ2) is 7.13. The Morgan fingerprint density at radius 3 is 2.59 bits per heavy atom. The van der Waals surface area contributed by atoms with Gasteiger partial charge in [-0.1, -0.05) is 38.1 Å². The second-order valence-corrected chi connectivity index (χ2v) is 6.94. The van der Waals surface area contributed by atoms with Crippen LogP contribution in [0.5, 0.6) is 0 Å². The predicted octanol–water partition coefficient (Wildman–Crippen LogP) is 1.48. The number of carbonyl (C=O) groups is 2. The third-order valence-corrected chi connectivity index (χ3v) is 4.88. The Labute approximate surface area is 134 Å². The highest BCUT2D eigenvalue weighted by molar-refractivity contribution is 8.01. The summed E-state index contributed by atoms with van der Waals surface area (Å²) in [6.45, 7) is 4.76. The van der Waals surface area contributed by atoms with Crippen LogP contribution in [0.25, 0.3) is 0 Å². The first-order valence-electron chi connectivity index (χ1n) is 7.14. The van der Waals surface area contributed by atoms with Crippen molar-refractivity contribution in [1.29, 1.82) is 0 Å². The molecule has 1 aromatic carbocycles. The number of carboxylic acids is 1. The lowest BCUT2D eigenvalue weighted by molar-refractivity contribution is -0.138. The lowest BCUT2D eigenvalue weighted by atomic mass is 10.0. The van der Waals surface area contributed by atoms with Gasteiger partial charge in [0.05, 0.1) is 11.7 Å². The molecule has 2 atom stereocenters. The van der Waals surface area contributed by atoms with E-state index in [1.165, 1.54) is 22.3 Å². The van der Waals surface area contributed by atoms with Gasteiger partial charge in [0, 0.05) is 6.54 Å². The average Bonchev–Trinajstić information content (AvgIpc) is 2.80. The van der Waals surface area contributed by atoms with Crippen LogP contribution < -0.4 is 11.2 Å². The summed E-state index contributed by atoms with van der Waals surface area (Å²) in [5.41, 5.74) is 1.91. The van der Waals surface area contributed by atoms with E-state index in [4.69, 9.17) is 10.9 Å². The van der Waals surface area contributed by atoms with Gasteiger partial charge in [-0.25, -0.2) is 5.01 Å². The van der Waals surface area contributed by atoms with Crippen LogP contribution in [0.2, 0.25) is 0 Å². The molecule has 0 aliphatic carbocycles. The van der Waals surface area contributed by atoms with Gasteiger partial charge in [0.2, 0.25) is 5.91 Å². The molecule has 22 heavy (non-hydrogen) atoms. The molecule has 2 unspecified atom stereocenters. The lowest BCUT2D eigenvalue weighted by Crippen LogP contribution is -2.45. The fourth-order valence-corrected chi connectivity index (χ4v) is 3.38. The molecule has 0 radical (unpaired) electrons. The molecular weight excluding hydrogens is 302 g/mol. The molecule has 0 bridgehead atoms. The number of nitrogens with zero attached hydrogens (tertiary/aromatic N) is 1. The first-order chi connectivity index (χ1) is 10.4. The number of carbonyl (C=O) groups excluding carboxylic acids is 1. The summed E-state index contributed by atoms with van der Waals surface area (Å²) < 4.78 is 0. The van der Waals surface area contributed by atoms with Crippen molar-refractivity contribution < 1.29 is 14.7 Å². The number of carboxylic acid groups (broad SMARTS) is 1. The molecule has 1 aliphatic rings. The predicted molar refractivity (Wildman–Crippen MR) is 85.8 cm³/mol. The zero-order valence-corrected chi connectivity index (χ0v) is 13.5. The number of hydrogen-bond donors (Lipinski definition) is 3. The summed E-state index contributed by atoms with van der Waals surface area (Å²) in [4.78, 5) is 22.4. The Morgan fingerprint density at radius 2 is 2.05 bits per heavy atom. The maximum Gasteiger partial charge on any atom is 0.305 e. The zero-order valence-electron chi connectivity index (χ0n) is 12.7. The van der Waals surface area contributed by atoms with Crippen molar-refractivity contribution in [2.75, 3.05) is 0 Å². The van der Waals surface area contributed by atoms with Gasteiger partial charge in [0.25, 0.3) is 0 Å². The Kier molecular flexibility index (Phi) is 5.44. The molecule has 1 fully saturated rings. The molecule has 2 rings (SSSR count).